The highest BCUT2D eigenvalue weighted by Gasteiger charge is 2.15. The summed E-state index contributed by atoms with van der Waals surface area (Å²) in [6, 6.07) is 4.01. The Hall–Kier alpha value is -1.17. The predicted octanol–water partition coefficient (Wildman–Crippen LogP) is 0.663. The number of anilines is 1. The van der Waals surface area contributed by atoms with Crippen LogP contribution in [0.4, 0.5) is 5.82 Å². The molecule has 2 aliphatic rings. The van der Waals surface area contributed by atoms with Gasteiger partial charge in [-0.1, -0.05) is 6.07 Å². The minimum Gasteiger partial charge on any atom is -0.379 e. The van der Waals surface area contributed by atoms with Crippen LogP contribution in [0.3, 0.4) is 0 Å². The van der Waals surface area contributed by atoms with E-state index < -0.39 is 0 Å². The van der Waals surface area contributed by atoms with Gasteiger partial charge in [0.1, 0.15) is 5.82 Å². The summed E-state index contributed by atoms with van der Waals surface area (Å²) in [6.45, 7) is 9.36. The van der Waals surface area contributed by atoms with Crippen molar-refractivity contribution in [2.24, 2.45) is 10.7 Å². The minimum atomic E-state index is 0. The zero-order valence-corrected chi connectivity index (χ0v) is 18.1. The topological polar surface area (TPSA) is 88.2 Å². The van der Waals surface area contributed by atoms with Gasteiger partial charge in [0.15, 0.2) is 5.96 Å². The largest absolute Gasteiger partial charge is 0.379 e. The Morgan fingerprint density at radius 1 is 1.15 bits per heavy atom. The third-order valence-electron chi connectivity index (χ3n) is 4.66. The summed E-state index contributed by atoms with van der Waals surface area (Å²) in [7, 11) is 0. The lowest BCUT2D eigenvalue weighted by Crippen LogP contribution is -2.39. The van der Waals surface area contributed by atoms with E-state index in [4.69, 9.17) is 15.2 Å². The number of ether oxygens (including phenoxy) is 2. The van der Waals surface area contributed by atoms with Crippen LogP contribution in [0.1, 0.15) is 12.0 Å². The average molecular weight is 490 g/mol. The van der Waals surface area contributed by atoms with Crippen molar-refractivity contribution in [3.8, 4) is 0 Å². The fourth-order valence-corrected chi connectivity index (χ4v) is 3.18. The van der Waals surface area contributed by atoms with Gasteiger partial charge in [-0.2, -0.15) is 0 Å². The number of hydrogen-bond donors (Lipinski definition) is 2. The van der Waals surface area contributed by atoms with E-state index >= 15 is 0 Å². The third kappa shape index (κ3) is 7.40. The quantitative estimate of drug-likeness (QED) is 0.251. The van der Waals surface area contributed by atoms with E-state index in [0.29, 0.717) is 12.5 Å². The molecule has 3 N–H and O–H groups in total. The molecule has 0 radical (unpaired) electrons. The lowest BCUT2D eigenvalue weighted by atomic mass is 10.2. The number of pyridine rings is 1. The molecule has 0 atom stereocenters. The van der Waals surface area contributed by atoms with Crippen molar-refractivity contribution in [1.82, 2.24) is 15.2 Å². The van der Waals surface area contributed by atoms with Gasteiger partial charge >= 0.3 is 0 Å². The van der Waals surface area contributed by atoms with Crippen LogP contribution in [0.25, 0.3) is 0 Å². The van der Waals surface area contributed by atoms with Crippen molar-refractivity contribution >= 4 is 35.8 Å². The van der Waals surface area contributed by atoms with Crippen LogP contribution >= 0.6 is 24.0 Å². The molecule has 1 aromatic heterocycles. The maximum Gasteiger partial charge on any atom is 0.188 e. The van der Waals surface area contributed by atoms with Crippen LogP contribution in [-0.2, 0) is 16.0 Å². The summed E-state index contributed by atoms with van der Waals surface area (Å²) >= 11 is 0. The fraction of sp³-hybridized carbons (Fsp3) is 0.667. The molecule has 2 aliphatic heterocycles. The van der Waals surface area contributed by atoms with Crippen molar-refractivity contribution in [1.29, 1.82) is 0 Å². The lowest BCUT2D eigenvalue weighted by molar-refractivity contribution is 0.0376. The number of nitrogens with two attached hydrogens (primary N) is 1. The van der Waals surface area contributed by atoms with Crippen LogP contribution in [0.15, 0.2) is 23.3 Å². The van der Waals surface area contributed by atoms with Gasteiger partial charge in [-0.25, -0.2) is 9.98 Å². The summed E-state index contributed by atoms with van der Waals surface area (Å²) in [6.07, 6.45) is 2.87. The molecule has 0 unspecified atom stereocenters. The molecule has 3 rings (SSSR count). The van der Waals surface area contributed by atoms with E-state index in [0.717, 1.165) is 83.5 Å². The highest BCUT2D eigenvalue weighted by Crippen LogP contribution is 2.19. The Kier molecular flexibility index (Phi) is 10.1. The number of guanidine groups is 1. The first-order valence-electron chi connectivity index (χ1n) is 9.43. The molecule has 0 amide bonds. The first kappa shape index (κ1) is 22.1. The highest BCUT2D eigenvalue weighted by molar-refractivity contribution is 14.0. The maximum atomic E-state index is 6.02. The van der Waals surface area contributed by atoms with Crippen LogP contribution in [-0.4, -0.2) is 81.5 Å². The number of hydrogen-bond acceptors (Lipinski definition) is 6. The maximum absolute atomic E-state index is 6.02. The lowest BCUT2D eigenvalue weighted by Gasteiger charge is -2.29. The molecular formula is C18H31IN6O2. The number of aromatic nitrogens is 1. The van der Waals surface area contributed by atoms with Gasteiger partial charge in [0.2, 0.25) is 0 Å². The number of aliphatic imine (C=N–C) groups is 1. The van der Waals surface area contributed by atoms with E-state index in [-0.39, 0.29) is 24.0 Å². The molecule has 0 aromatic carbocycles. The van der Waals surface area contributed by atoms with E-state index in [1.165, 1.54) is 0 Å². The van der Waals surface area contributed by atoms with Gasteiger partial charge in [0, 0.05) is 44.5 Å². The first-order chi connectivity index (χ1) is 12.8. The summed E-state index contributed by atoms with van der Waals surface area (Å²) in [4.78, 5) is 13.7. The second-order valence-electron chi connectivity index (χ2n) is 6.52. The predicted molar refractivity (Wildman–Crippen MR) is 118 cm³/mol. The van der Waals surface area contributed by atoms with Crippen molar-refractivity contribution in [2.45, 2.75) is 13.0 Å². The zero-order chi connectivity index (χ0) is 18.0. The van der Waals surface area contributed by atoms with Crippen LogP contribution in [0.2, 0.25) is 0 Å². The normalized spacial score (nSPS) is 18.8. The Morgan fingerprint density at radius 2 is 1.85 bits per heavy atom. The SMILES string of the molecule is I.NC(=NCc1cccnc1N1CCOCC1)NCCCN1CCOCC1. The van der Waals surface area contributed by atoms with Gasteiger partial charge in [-0.3, -0.25) is 4.90 Å². The first-order valence-corrected chi connectivity index (χ1v) is 9.43. The number of nitrogens with zero attached hydrogens (tertiary/aromatic N) is 4. The highest BCUT2D eigenvalue weighted by atomic mass is 127. The molecule has 9 heteroatoms. The molecule has 27 heavy (non-hydrogen) atoms. The van der Waals surface area contributed by atoms with Crippen molar-refractivity contribution in [3.05, 3.63) is 23.9 Å². The number of halogens is 1. The Labute approximate surface area is 178 Å². The van der Waals surface area contributed by atoms with E-state index in [9.17, 15) is 0 Å². The Balaban J connectivity index is 0.00000261. The summed E-state index contributed by atoms with van der Waals surface area (Å²) in [5, 5.41) is 3.21. The van der Waals surface area contributed by atoms with Crippen LogP contribution in [0, 0.1) is 0 Å². The zero-order valence-electron chi connectivity index (χ0n) is 15.8. The molecule has 0 aliphatic carbocycles. The summed E-state index contributed by atoms with van der Waals surface area (Å²) in [5.74, 6) is 1.48. The van der Waals surface area contributed by atoms with E-state index in [2.05, 4.69) is 31.2 Å². The molecule has 2 saturated heterocycles. The van der Waals surface area contributed by atoms with Crippen molar-refractivity contribution in [3.63, 3.8) is 0 Å². The van der Waals surface area contributed by atoms with Gasteiger partial charge in [-0.05, 0) is 19.0 Å². The molecule has 8 nitrogen and oxygen atoms in total. The standard InChI is InChI=1S/C18H30N6O2.HI/c19-18(21-5-2-6-23-7-11-25-12-8-23)22-15-16-3-1-4-20-17(16)24-9-13-26-14-10-24;/h1,3-4H,2,5-15H2,(H3,19,21,22);1H. The van der Waals surface area contributed by atoms with Crippen LogP contribution < -0.4 is 16.0 Å². The van der Waals surface area contributed by atoms with Gasteiger partial charge in [0.25, 0.3) is 0 Å². The third-order valence-corrected chi connectivity index (χ3v) is 4.66. The molecule has 0 bridgehead atoms. The van der Waals surface area contributed by atoms with Gasteiger partial charge in [-0.15, -0.1) is 24.0 Å². The van der Waals surface area contributed by atoms with E-state index in [1.807, 2.05) is 12.3 Å². The van der Waals surface area contributed by atoms with E-state index in [1.54, 1.807) is 0 Å². The molecule has 0 spiro atoms. The fourth-order valence-electron chi connectivity index (χ4n) is 3.18. The Bertz CT molecular complexity index is 577. The second-order valence-corrected chi connectivity index (χ2v) is 6.52. The molecule has 2 fully saturated rings. The second kappa shape index (κ2) is 12.3. The molecule has 152 valence electrons. The summed E-state index contributed by atoms with van der Waals surface area (Å²) < 4.78 is 10.8. The average Bonchev–Trinajstić information content (AvgIpc) is 2.71. The van der Waals surface area contributed by atoms with Crippen molar-refractivity contribution in [2.75, 3.05) is 70.6 Å². The molecule has 0 saturated carbocycles. The van der Waals surface area contributed by atoms with Gasteiger partial charge in [0.05, 0.1) is 33.0 Å². The van der Waals surface area contributed by atoms with Crippen molar-refractivity contribution < 1.29 is 9.47 Å². The summed E-state index contributed by atoms with van der Waals surface area (Å²) in [5.41, 5.74) is 7.11. The number of morpholine rings is 2. The molecule has 3 heterocycles. The molecule has 1 aromatic rings. The van der Waals surface area contributed by atoms with Crippen LogP contribution in [0.5, 0.6) is 0 Å². The Morgan fingerprint density at radius 3 is 2.59 bits per heavy atom. The molecular weight excluding hydrogens is 459 g/mol. The monoisotopic (exact) mass is 490 g/mol. The number of nitrogens with one attached hydrogen (secondary N) is 1. The smallest absolute Gasteiger partial charge is 0.188 e. The number of rotatable bonds is 7. The minimum absolute atomic E-state index is 0. The van der Waals surface area contributed by atoms with Gasteiger partial charge < -0.3 is 25.4 Å².